The molecule has 0 bridgehead atoms. The summed E-state index contributed by atoms with van der Waals surface area (Å²) in [6.45, 7) is 0. The van der Waals surface area contributed by atoms with Crippen molar-refractivity contribution >= 4 is 54.6 Å². The van der Waals surface area contributed by atoms with Crippen molar-refractivity contribution in [1.82, 2.24) is 10.3 Å². The minimum atomic E-state index is -0.853. The van der Waals surface area contributed by atoms with E-state index in [0.29, 0.717) is 11.3 Å². The van der Waals surface area contributed by atoms with Gasteiger partial charge in [-0.25, -0.2) is 0 Å². The van der Waals surface area contributed by atoms with Crippen LogP contribution in [0.5, 0.6) is 0 Å². The van der Waals surface area contributed by atoms with Gasteiger partial charge >= 0.3 is 0 Å². The molecule has 0 saturated carbocycles. The highest BCUT2D eigenvalue weighted by atomic mass is 79.9. The van der Waals surface area contributed by atoms with E-state index in [1.165, 1.54) is 0 Å². The number of hydrogen-bond acceptors (Lipinski definition) is 3. The van der Waals surface area contributed by atoms with Crippen LogP contribution in [0.25, 0.3) is 10.9 Å². The maximum atomic E-state index is 12.5. The first-order valence-corrected chi connectivity index (χ1v) is 9.42. The van der Waals surface area contributed by atoms with Crippen LogP contribution in [0.15, 0.2) is 63.5 Å². The summed E-state index contributed by atoms with van der Waals surface area (Å²) in [5, 5.41) is 3.70. The van der Waals surface area contributed by atoms with Crippen LogP contribution in [0, 0.1) is 0 Å². The summed E-state index contributed by atoms with van der Waals surface area (Å²) in [6.07, 6.45) is 0.223. The van der Waals surface area contributed by atoms with Gasteiger partial charge in [-0.2, -0.15) is 0 Å². The summed E-state index contributed by atoms with van der Waals surface area (Å²) in [6, 6.07) is 15.8. The molecular formula is C19H15Br2N3O2. The zero-order valence-corrected chi connectivity index (χ0v) is 16.7. The lowest BCUT2D eigenvalue weighted by Gasteiger charge is -2.16. The zero-order valence-electron chi connectivity index (χ0n) is 13.6. The molecule has 0 unspecified atom stereocenters. The van der Waals surface area contributed by atoms with Crippen molar-refractivity contribution < 1.29 is 9.59 Å². The maximum absolute atomic E-state index is 12.5. The van der Waals surface area contributed by atoms with Gasteiger partial charge in [-0.3, -0.25) is 14.6 Å². The molecule has 1 atom stereocenters. The number of nitrogens with one attached hydrogen (secondary N) is 1. The molecule has 0 aliphatic carbocycles. The van der Waals surface area contributed by atoms with E-state index in [0.717, 1.165) is 19.8 Å². The molecule has 0 radical (unpaired) electrons. The highest BCUT2D eigenvalue weighted by Crippen LogP contribution is 2.20. The van der Waals surface area contributed by atoms with Gasteiger partial charge in [0.2, 0.25) is 5.91 Å². The zero-order chi connectivity index (χ0) is 18.7. The van der Waals surface area contributed by atoms with Crippen LogP contribution in [0.1, 0.15) is 16.1 Å². The molecule has 7 heteroatoms. The lowest BCUT2D eigenvalue weighted by molar-refractivity contribution is -0.119. The van der Waals surface area contributed by atoms with Gasteiger partial charge < -0.3 is 11.1 Å². The Bertz CT molecular complexity index is 971. The second-order valence-electron chi connectivity index (χ2n) is 5.79. The van der Waals surface area contributed by atoms with Crippen molar-refractivity contribution in [3.05, 3.63) is 74.8 Å². The standard InChI is InChI=1S/C19H15Br2N3O2/c20-13-7-12(8-14(21)9-13)19(26)24-17(18(22)25)10-15-6-5-11-3-1-2-4-16(11)23-15/h1-9,17H,10H2,(H2,22,25)(H,24,26)/t17-/m0/s1. The van der Waals surface area contributed by atoms with Crippen molar-refractivity contribution in [3.8, 4) is 0 Å². The minimum Gasteiger partial charge on any atom is -0.368 e. The summed E-state index contributed by atoms with van der Waals surface area (Å²) in [4.78, 5) is 28.8. The van der Waals surface area contributed by atoms with E-state index in [9.17, 15) is 9.59 Å². The Morgan fingerprint density at radius 3 is 2.42 bits per heavy atom. The van der Waals surface area contributed by atoms with Gasteiger partial charge in [0.15, 0.2) is 0 Å². The molecule has 3 N–H and O–H groups in total. The van der Waals surface area contributed by atoms with E-state index in [1.54, 1.807) is 12.1 Å². The van der Waals surface area contributed by atoms with Gasteiger partial charge in [-0.15, -0.1) is 0 Å². The number of amides is 2. The van der Waals surface area contributed by atoms with E-state index in [4.69, 9.17) is 5.73 Å². The molecule has 0 aliphatic rings. The van der Waals surface area contributed by atoms with Gasteiger partial charge in [0.05, 0.1) is 5.52 Å². The van der Waals surface area contributed by atoms with Crippen LogP contribution in [0.3, 0.4) is 0 Å². The van der Waals surface area contributed by atoms with Gasteiger partial charge in [-0.1, -0.05) is 56.1 Å². The number of carbonyl (C=O) groups is 2. The number of benzene rings is 2. The van der Waals surface area contributed by atoms with E-state index in [1.807, 2.05) is 42.5 Å². The topological polar surface area (TPSA) is 85.1 Å². The molecule has 0 spiro atoms. The van der Waals surface area contributed by atoms with Gasteiger partial charge in [0.25, 0.3) is 5.91 Å². The Labute approximate surface area is 167 Å². The molecule has 5 nitrogen and oxygen atoms in total. The van der Waals surface area contributed by atoms with E-state index in [-0.39, 0.29) is 12.3 Å². The number of halogens is 2. The Hall–Kier alpha value is -2.25. The first-order valence-electron chi connectivity index (χ1n) is 7.83. The van der Waals surface area contributed by atoms with Crippen LogP contribution in [-0.4, -0.2) is 22.8 Å². The van der Waals surface area contributed by atoms with Crippen LogP contribution in [0.2, 0.25) is 0 Å². The Morgan fingerprint density at radius 1 is 1.04 bits per heavy atom. The first-order chi connectivity index (χ1) is 12.4. The molecule has 2 amide bonds. The van der Waals surface area contributed by atoms with E-state index >= 15 is 0 Å². The summed E-state index contributed by atoms with van der Waals surface area (Å²) in [5.74, 6) is -0.987. The second kappa shape index (κ2) is 7.97. The van der Waals surface area contributed by atoms with Crippen LogP contribution >= 0.6 is 31.9 Å². The largest absolute Gasteiger partial charge is 0.368 e. The van der Waals surface area contributed by atoms with Crippen molar-refractivity contribution in [1.29, 1.82) is 0 Å². The quantitative estimate of drug-likeness (QED) is 0.590. The third kappa shape index (κ3) is 4.47. The first kappa shape index (κ1) is 18.5. The molecule has 0 fully saturated rings. The third-order valence-corrected chi connectivity index (χ3v) is 4.76. The fourth-order valence-corrected chi connectivity index (χ4v) is 3.87. The van der Waals surface area contributed by atoms with E-state index < -0.39 is 11.9 Å². The highest BCUT2D eigenvalue weighted by molar-refractivity contribution is 9.11. The molecule has 1 aromatic heterocycles. The molecule has 132 valence electrons. The van der Waals surface area contributed by atoms with Crippen molar-refractivity contribution in [3.63, 3.8) is 0 Å². The summed E-state index contributed by atoms with van der Waals surface area (Å²) < 4.78 is 1.51. The molecule has 1 heterocycles. The number of hydrogen-bond donors (Lipinski definition) is 2. The molecule has 0 aliphatic heterocycles. The van der Waals surface area contributed by atoms with E-state index in [2.05, 4.69) is 42.2 Å². The predicted octanol–water partition coefficient (Wildman–Crippen LogP) is 3.59. The van der Waals surface area contributed by atoms with Crippen molar-refractivity contribution in [2.45, 2.75) is 12.5 Å². The van der Waals surface area contributed by atoms with Gasteiger partial charge in [0.1, 0.15) is 6.04 Å². The molecule has 26 heavy (non-hydrogen) atoms. The third-order valence-electron chi connectivity index (χ3n) is 3.84. The molecule has 2 aromatic carbocycles. The number of carbonyl (C=O) groups excluding carboxylic acids is 2. The SMILES string of the molecule is NC(=O)[C@H](Cc1ccc2ccccc2n1)NC(=O)c1cc(Br)cc(Br)c1. The van der Waals surface area contributed by atoms with Crippen molar-refractivity contribution in [2.75, 3.05) is 0 Å². The fourth-order valence-electron chi connectivity index (χ4n) is 2.58. The Kier molecular flexibility index (Phi) is 5.68. The number of nitrogens with zero attached hydrogens (tertiary/aromatic N) is 1. The summed E-state index contributed by atoms with van der Waals surface area (Å²) >= 11 is 6.68. The second-order valence-corrected chi connectivity index (χ2v) is 7.62. The summed E-state index contributed by atoms with van der Waals surface area (Å²) in [5.41, 5.74) is 7.42. The maximum Gasteiger partial charge on any atom is 0.252 e. The molecule has 3 aromatic rings. The number of pyridine rings is 1. The summed E-state index contributed by atoms with van der Waals surface area (Å²) in [7, 11) is 0. The molecule has 0 saturated heterocycles. The monoisotopic (exact) mass is 475 g/mol. The molecular weight excluding hydrogens is 462 g/mol. The number of primary amides is 1. The average Bonchev–Trinajstić information content (AvgIpc) is 2.60. The molecule has 3 rings (SSSR count). The number of para-hydroxylation sites is 1. The van der Waals surface area contributed by atoms with Gasteiger partial charge in [-0.05, 0) is 30.3 Å². The smallest absolute Gasteiger partial charge is 0.252 e. The fraction of sp³-hybridized carbons (Fsp3) is 0.105. The average molecular weight is 477 g/mol. The Morgan fingerprint density at radius 2 is 1.73 bits per heavy atom. The normalized spacial score (nSPS) is 11.9. The van der Waals surface area contributed by atoms with Crippen LogP contribution in [0.4, 0.5) is 0 Å². The van der Waals surface area contributed by atoms with Crippen LogP contribution < -0.4 is 11.1 Å². The number of rotatable bonds is 5. The minimum absolute atomic E-state index is 0.223. The lowest BCUT2D eigenvalue weighted by atomic mass is 10.1. The lowest BCUT2D eigenvalue weighted by Crippen LogP contribution is -2.46. The van der Waals surface area contributed by atoms with Crippen LogP contribution in [-0.2, 0) is 11.2 Å². The number of aromatic nitrogens is 1. The van der Waals surface area contributed by atoms with Gasteiger partial charge in [0, 0.05) is 32.0 Å². The predicted molar refractivity (Wildman–Crippen MR) is 108 cm³/mol. The number of nitrogens with two attached hydrogens (primary N) is 1. The van der Waals surface area contributed by atoms with Crippen molar-refractivity contribution in [2.24, 2.45) is 5.73 Å². The Balaban J connectivity index is 1.80. The number of fused-ring (bicyclic) bond motifs is 1. The highest BCUT2D eigenvalue weighted by Gasteiger charge is 2.20.